The number of aromatic carboxylic acids is 1. The van der Waals surface area contributed by atoms with Crippen molar-refractivity contribution in [2.45, 2.75) is 45.3 Å². The van der Waals surface area contributed by atoms with Gasteiger partial charge in [-0.3, -0.25) is 0 Å². The van der Waals surface area contributed by atoms with Crippen LogP contribution in [-0.4, -0.2) is 58.2 Å². The number of rotatable bonds is 7. The molecule has 4 aromatic carbocycles. The molecule has 0 saturated carbocycles. The average molecular weight is 594 g/mol. The standard InChI is InChI=1S/C36H39N3O5/c1-24(30-16-10-14-25-13-8-9-15-31(25)30)39(35(43)44-36(2,3)4)22-28-21-38(23-32(28)26-11-6-5-7-12-26)34(42)37-29-19-17-27(18-20-29)33(40)41/h5-20,24,28,32H,21-23H2,1-4H3,(H,37,42)(H,40,41)/t24-,28-,32-/m1/s1. The lowest BCUT2D eigenvalue weighted by Crippen LogP contribution is -2.42. The van der Waals surface area contributed by atoms with Crippen molar-refractivity contribution < 1.29 is 24.2 Å². The normalized spacial score (nSPS) is 17.2. The number of anilines is 1. The summed E-state index contributed by atoms with van der Waals surface area (Å²) >= 11 is 0. The number of ether oxygens (including phenoxy) is 1. The monoisotopic (exact) mass is 593 g/mol. The van der Waals surface area contributed by atoms with Crippen LogP contribution in [0.15, 0.2) is 97.1 Å². The predicted molar refractivity (Wildman–Crippen MR) is 172 cm³/mol. The van der Waals surface area contributed by atoms with E-state index in [0.29, 0.717) is 25.3 Å². The number of carboxylic acid groups (broad SMARTS) is 1. The van der Waals surface area contributed by atoms with Gasteiger partial charge in [-0.05, 0) is 73.9 Å². The minimum atomic E-state index is -1.02. The van der Waals surface area contributed by atoms with Gasteiger partial charge in [0.1, 0.15) is 5.60 Å². The van der Waals surface area contributed by atoms with E-state index >= 15 is 0 Å². The average Bonchev–Trinajstić information content (AvgIpc) is 3.43. The smallest absolute Gasteiger partial charge is 0.410 e. The number of hydrogen-bond donors (Lipinski definition) is 2. The van der Waals surface area contributed by atoms with E-state index in [4.69, 9.17) is 4.74 Å². The summed E-state index contributed by atoms with van der Waals surface area (Å²) in [6.45, 7) is 8.91. The summed E-state index contributed by atoms with van der Waals surface area (Å²) in [4.78, 5) is 42.1. The molecule has 8 heteroatoms. The summed E-state index contributed by atoms with van der Waals surface area (Å²) in [6.07, 6.45) is -0.397. The van der Waals surface area contributed by atoms with Crippen molar-refractivity contribution in [3.05, 3.63) is 114 Å². The molecule has 2 N–H and O–H groups in total. The van der Waals surface area contributed by atoms with Gasteiger partial charge in [0.2, 0.25) is 0 Å². The van der Waals surface area contributed by atoms with Gasteiger partial charge < -0.3 is 25.0 Å². The third-order valence-electron chi connectivity index (χ3n) is 8.14. The van der Waals surface area contributed by atoms with E-state index in [9.17, 15) is 19.5 Å². The number of carbonyl (C=O) groups is 3. The third kappa shape index (κ3) is 7.02. The van der Waals surface area contributed by atoms with Crippen LogP contribution in [0.5, 0.6) is 0 Å². The number of nitrogens with zero attached hydrogens (tertiary/aromatic N) is 2. The highest BCUT2D eigenvalue weighted by Gasteiger charge is 2.40. The van der Waals surface area contributed by atoms with Crippen LogP contribution in [0.25, 0.3) is 10.8 Å². The van der Waals surface area contributed by atoms with Crippen LogP contribution in [0.4, 0.5) is 15.3 Å². The molecule has 0 bridgehead atoms. The molecule has 8 nitrogen and oxygen atoms in total. The Morgan fingerprint density at radius 2 is 1.57 bits per heavy atom. The van der Waals surface area contributed by atoms with E-state index in [2.05, 4.69) is 41.7 Å². The summed E-state index contributed by atoms with van der Waals surface area (Å²) in [7, 11) is 0. The SMILES string of the molecule is C[C@H](c1cccc2ccccc12)N(C[C@H]1CN(C(=O)Nc2ccc(C(=O)O)cc2)C[C@@H]1c1ccccc1)C(=O)OC(C)(C)C. The molecule has 1 saturated heterocycles. The molecule has 0 aromatic heterocycles. The minimum absolute atomic E-state index is 0.0130. The number of amides is 3. The maximum atomic E-state index is 13.8. The van der Waals surface area contributed by atoms with E-state index < -0.39 is 17.7 Å². The fraction of sp³-hybridized carbons (Fsp3) is 0.306. The highest BCUT2D eigenvalue weighted by atomic mass is 16.6. The van der Waals surface area contributed by atoms with Crippen LogP contribution < -0.4 is 5.32 Å². The lowest BCUT2D eigenvalue weighted by atomic mass is 9.88. The van der Waals surface area contributed by atoms with E-state index in [0.717, 1.165) is 21.9 Å². The first-order chi connectivity index (χ1) is 21.0. The van der Waals surface area contributed by atoms with Gasteiger partial charge >= 0.3 is 18.1 Å². The van der Waals surface area contributed by atoms with Crippen molar-refractivity contribution >= 4 is 34.6 Å². The van der Waals surface area contributed by atoms with E-state index in [-0.39, 0.29) is 29.5 Å². The molecule has 0 radical (unpaired) electrons. The molecule has 1 aliphatic rings. The summed E-state index contributed by atoms with van der Waals surface area (Å²) in [5.74, 6) is -1.10. The van der Waals surface area contributed by atoms with Gasteiger partial charge in [0.15, 0.2) is 0 Å². The van der Waals surface area contributed by atoms with Gasteiger partial charge in [0.05, 0.1) is 11.6 Å². The molecule has 0 unspecified atom stereocenters. The van der Waals surface area contributed by atoms with Crippen LogP contribution in [0, 0.1) is 5.92 Å². The molecule has 0 aliphatic carbocycles. The number of urea groups is 1. The molecule has 44 heavy (non-hydrogen) atoms. The quantitative estimate of drug-likeness (QED) is 0.228. The summed E-state index contributed by atoms with van der Waals surface area (Å²) in [5, 5.41) is 14.3. The number of likely N-dealkylation sites (tertiary alicyclic amines) is 1. The van der Waals surface area contributed by atoms with E-state index in [1.54, 1.807) is 21.9 Å². The number of carboxylic acids is 1. The predicted octanol–water partition coefficient (Wildman–Crippen LogP) is 7.78. The number of hydrogen-bond acceptors (Lipinski definition) is 4. The first-order valence-electron chi connectivity index (χ1n) is 14.9. The Morgan fingerprint density at radius 3 is 2.25 bits per heavy atom. The second-order valence-electron chi connectivity index (χ2n) is 12.4. The van der Waals surface area contributed by atoms with Crippen LogP contribution >= 0.6 is 0 Å². The Balaban J connectivity index is 1.44. The molecule has 0 spiro atoms. The Hall–Kier alpha value is -4.85. The van der Waals surface area contributed by atoms with E-state index in [1.807, 2.05) is 64.1 Å². The first-order valence-corrected chi connectivity index (χ1v) is 14.9. The molecular formula is C36H39N3O5. The second-order valence-corrected chi connectivity index (χ2v) is 12.4. The topological polar surface area (TPSA) is 99.2 Å². The fourth-order valence-corrected chi connectivity index (χ4v) is 5.95. The molecule has 3 atom stereocenters. The minimum Gasteiger partial charge on any atom is -0.478 e. The largest absolute Gasteiger partial charge is 0.478 e. The molecule has 5 rings (SSSR count). The van der Waals surface area contributed by atoms with Gasteiger partial charge in [0.25, 0.3) is 0 Å². The number of nitrogens with one attached hydrogen (secondary N) is 1. The van der Waals surface area contributed by atoms with Gasteiger partial charge in [-0.1, -0.05) is 72.8 Å². The van der Waals surface area contributed by atoms with Crippen LogP contribution in [0.2, 0.25) is 0 Å². The van der Waals surface area contributed by atoms with Crippen molar-refractivity contribution in [1.29, 1.82) is 0 Å². The summed E-state index contributed by atoms with van der Waals surface area (Å²) < 4.78 is 5.94. The molecule has 4 aromatic rings. The van der Waals surface area contributed by atoms with Gasteiger partial charge in [-0.25, -0.2) is 14.4 Å². The van der Waals surface area contributed by atoms with Crippen molar-refractivity contribution in [3.8, 4) is 0 Å². The van der Waals surface area contributed by atoms with Crippen molar-refractivity contribution in [2.24, 2.45) is 5.92 Å². The number of carbonyl (C=O) groups excluding carboxylic acids is 2. The van der Waals surface area contributed by atoms with Crippen LogP contribution in [0.1, 0.15) is 61.1 Å². The maximum absolute atomic E-state index is 13.8. The summed E-state index contributed by atoms with van der Waals surface area (Å²) in [5.41, 5.74) is 2.11. The number of benzene rings is 4. The molecule has 3 amide bonds. The first kappa shape index (κ1) is 30.6. The van der Waals surface area contributed by atoms with Crippen LogP contribution in [0.3, 0.4) is 0 Å². The van der Waals surface area contributed by atoms with Gasteiger partial charge in [-0.15, -0.1) is 0 Å². The number of fused-ring (bicyclic) bond motifs is 1. The Morgan fingerprint density at radius 1 is 0.909 bits per heavy atom. The zero-order valence-corrected chi connectivity index (χ0v) is 25.6. The van der Waals surface area contributed by atoms with Crippen molar-refractivity contribution in [2.75, 3.05) is 25.0 Å². The van der Waals surface area contributed by atoms with Crippen molar-refractivity contribution in [3.63, 3.8) is 0 Å². The summed E-state index contributed by atoms with van der Waals surface area (Å²) in [6, 6.07) is 29.9. The van der Waals surface area contributed by atoms with Gasteiger partial charge in [-0.2, -0.15) is 0 Å². The Bertz CT molecular complexity index is 1630. The van der Waals surface area contributed by atoms with Gasteiger partial charge in [0, 0.05) is 37.2 Å². The van der Waals surface area contributed by atoms with Crippen LogP contribution in [-0.2, 0) is 4.74 Å². The zero-order chi connectivity index (χ0) is 31.4. The maximum Gasteiger partial charge on any atom is 0.410 e. The lowest BCUT2D eigenvalue weighted by molar-refractivity contribution is 0.0137. The fourth-order valence-electron chi connectivity index (χ4n) is 5.95. The lowest BCUT2D eigenvalue weighted by Gasteiger charge is -2.35. The van der Waals surface area contributed by atoms with Crippen molar-refractivity contribution in [1.82, 2.24) is 9.80 Å². The zero-order valence-electron chi connectivity index (χ0n) is 25.6. The molecule has 228 valence electrons. The molecule has 1 fully saturated rings. The third-order valence-corrected chi connectivity index (χ3v) is 8.14. The molecule has 1 aliphatic heterocycles. The molecular weight excluding hydrogens is 554 g/mol. The second kappa shape index (κ2) is 12.8. The Kier molecular flexibility index (Phi) is 8.90. The Labute approximate surface area is 258 Å². The highest BCUT2D eigenvalue weighted by molar-refractivity contribution is 5.92. The highest BCUT2D eigenvalue weighted by Crippen LogP contribution is 2.37. The van der Waals surface area contributed by atoms with E-state index in [1.165, 1.54) is 12.1 Å². The molecule has 1 heterocycles.